The van der Waals surface area contributed by atoms with Gasteiger partial charge in [0, 0.05) is 21.8 Å². The summed E-state index contributed by atoms with van der Waals surface area (Å²) in [7, 11) is 0. The van der Waals surface area contributed by atoms with Crippen LogP contribution in [0.5, 0.6) is 0 Å². The Bertz CT molecular complexity index is 1430. The van der Waals surface area contributed by atoms with E-state index in [1.807, 2.05) is 49.0 Å². The van der Waals surface area contributed by atoms with Gasteiger partial charge in [-0.3, -0.25) is 14.2 Å². The summed E-state index contributed by atoms with van der Waals surface area (Å²) in [5, 5.41) is 4.29. The molecule has 5 nitrogen and oxygen atoms in total. The van der Waals surface area contributed by atoms with E-state index in [4.69, 9.17) is 16.6 Å². The number of hydrogen-bond donors (Lipinski definition) is 1. The second-order valence-corrected chi connectivity index (χ2v) is 8.16. The van der Waals surface area contributed by atoms with Gasteiger partial charge in [0.05, 0.1) is 18.4 Å². The van der Waals surface area contributed by atoms with Gasteiger partial charge >= 0.3 is 0 Å². The maximum Gasteiger partial charge on any atom is 0.153 e. The molecule has 1 aliphatic rings. The van der Waals surface area contributed by atoms with Crippen molar-refractivity contribution in [2.24, 2.45) is 4.99 Å². The monoisotopic (exact) mass is 433 g/mol. The molecule has 0 unspecified atom stereocenters. The topological polar surface area (TPSA) is 50.4 Å². The fraction of sp³-hybridized carbons (Fsp3) is 0.167. The smallest absolute Gasteiger partial charge is 0.153 e. The Morgan fingerprint density at radius 3 is 2.42 bits per heavy atom. The van der Waals surface area contributed by atoms with Crippen LogP contribution in [0.2, 0.25) is 5.02 Å². The molecule has 0 saturated heterocycles. The number of H-pyrrole nitrogens is 1. The van der Waals surface area contributed by atoms with Gasteiger partial charge in [0.25, 0.3) is 0 Å². The molecule has 0 amide bonds. The Labute approximate surface area is 183 Å². The van der Waals surface area contributed by atoms with Crippen molar-refractivity contribution in [3.8, 4) is 11.3 Å². The summed E-state index contributed by atoms with van der Waals surface area (Å²) < 4.78 is 17.5. The Kier molecular flexibility index (Phi) is 4.67. The molecular weight excluding hydrogens is 413 g/mol. The van der Waals surface area contributed by atoms with Crippen molar-refractivity contribution < 1.29 is 4.39 Å². The first-order valence-electron chi connectivity index (χ1n) is 10.0. The van der Waals surface area contributed by atoms with Crippen LogP contribution in [-0.2, 0) is 6.54 Å². The first-order valence-corrected chi connectivity index (χ1v) is 10.4. The summed E-state index contributed by atoms with van der Waals surface area (Å²) in [5.74, 6) is 0.592. The van der Waals surface area contributed by atoms with Gasteiger partial charge in [0.15, 0.2) is 5.65 Å². The van der Waals surface area contributed by atoms with Crippen molar-refractivity contribution >= 4 is 22.8 Å². The first-order chi connectivity index (χ1) is 14.9. The molecule has 0 aliphatic carbocycles. The highest BCUT2D eigenvalue weighted by molar-refractivity contribution is 6.30. The van der Waals surface area contributed by atoms with E-state index < -0.39 is 0 Å². The minimum Gasteiger partial charge on any atom is -0.295 e. The molecule has 0 fully saturated rings. The Balaban J connectivity index is 1.86. The number of benzene rings is 2. The Morgan fingerprint density at radius 2 is 1.71 bits per heavy atom. The maximum atomic E-state index is 13.4. The van der Waals surface area contributed by atoms with E-state index in [2.05, 4.69) is 21.4 Å². The lowest BCUT2D eigenvalue weighted by molar-refractivity contribution is 0.624. The van der Waals surface area contributed by atoms with Crippen LogP contribution >= 0.6 is 11.6 Å². The average Bonchev–Trinajstić information content (AvgIpc) is 3.23. The molecule has 31 heavy (non-hydrogen) atoms. The lowest BCUT2D eigenvalue weighted by atomic mass is 10.0. The zero-order chi connectivity index (χ0) is 21.7. The second kappa shape index (κ2) is 7.39. The van der Waals surface area contributed by atoms with Crippen molar-refractivity contribution in [3.63, 3.8) is 0 Å². The number of aryl methyl sites for hydroxylation is 1. The quantitative estimate of drug-likeness (QED) is 0.455. The predicted molar refractivity (Wildman–Crippen MR) is 121 cm³/mol. The van der Waals surface area contributed by atoms with Gasteiger partial charge in [-0.2, -0.15) is 0 Å². The number of aromatic amines is 1. The summed E-state index contributed by atoms with van der Waals surface area (Å²) >= 11 is 6.15. The number of allylic oxidation sites excluding steroid dienone is 2. The third kappa shape index (κ3) is 3.33. The second-order valence-electron chi connectivity index (χ2n) is 7.73. The fourth-order valence-electron chi connectivity index (χ4n) is 3.96. The van der Waals surface area contributed by atoms with Gasteiger partial charge in [-0.05, 0) is 56.2 Å². The summed E-state index contributed by atoms with van der Waals surface area (Å²) in [6.45, 7) is 6.59. The van der Waals surface area contributed by atoms with Gasteiger partial charge in [0.2, 0.25) is 0 Å². The van der Waals surface area contributed by atoms with Crippen molar-refractivity contribution in [1.82, 2.24) is 19.2 Å². The molecule has 1 N–H and O–H groups in total. The van der Waals surface area contributed by atoms with Crippen LogP contribution in [0.15, 0.2) is 65.4 Å². The number of nitrogens with zero attached hydrogens (tertiary/aromatic N) is 4. The molecule has 7 heteroatoms. The van der Waals surface area contributed by atoms with Crippen LogP contribution in [0.4, 0.5) is 4.39 Å². The number of aromatic nitrogens is 4. The van der Waals surface area contributed by atoms with Crippen LogP contribution in [0, 0.1) is 12.7 Å². The van der Waals surface area contributed by atoms with Gasteiger partial charge < -0.3 is 0 Å². The molecule has 0 spiro atoms. The van der Waals surface area contributed by atoms with Crippen molar-refractivity contribution in [2.75, 3.05) is 0 Å². The molecule has 5 rings (SSSR count). The number of rotatable bonds is 3. The molecule has 2 aromatic carbocycles. The largest absolute Gasteiger partial charge is 0.295 e. The van der Waals surface area contributed by atoms with E-state index in [1.165, 1.54) is 12.1 Å². The zero-order valence-corrected chi connectivity index (χ0v) is 18.2. The zero-order valence-electron chi connectivity index (χ0n) is 17.4. The average molecular weight is 434 g/mol. The SMILES string of the molecule is CC1=C(C)c2c(-c3ccc(Cl)cc3)[nH]n(Cc3ccc(F)cc3)c3cnc(C)n3c2=N1. The number of hydrogen-bond acceptors (Lipinski definition) is 2. The maximum absolute atomic E-state index is 13.4. The number of imidazole rings is 1. The minimum atomic E-state index is -0.252. The van der Waals surface area contributed by atoms with E-state index >= 15 is 0 Å². The standard InChI is InChI=1S/C24H21ClFN5/c1-14-15(2)28-24-22(14)23(18-6-8-19(25)9-7-18)29-30(21-12-27-16(3)31(21)24)13-17-4-10-20(26)11-5-17/h4-12,29H,13H2,1-3H3. The van der Waals surface area contributed by atoms with Crippen LogP contribution in [-0.4, -0.2) is 19.2 Å². The molecule has 0 saturated carbocycles. The Morgan fingerprint density at radius 1 is 1.00 bits per heavy atom. The molecule has 2 aromatic heterocycles. The van der Waals surface area contributed by atoms with E-state index in [0.717, 1.165) is 50.6 Å². The molecule has 4 aromatic rings. The molecule has 0 atom stereocenters. The Hall–Kier alpha value is -3.38. The lowest BCUT2D eigenvalue weighted by Crippen LogP contribution is -2.16. The van der Waals surface area contributed by atoms with Gasteiger partial charge in [0.1, 0.15) is 17.1 Å². The highest BCUT2D eigenvalue weighted by Gasteiger charge is 2.21. The summed E-state index contributed by atoms with van der Waals surface area (Å²) in [4.78, 5) is 9.44. The van der Waals surface area contributed by atoms with E-state index in [0.29, 0.717) is 11.6 Å². The summed E-state index contributed by atoms with van der Waals surface area (Å²) in [6, 6.07) is 14.3. The highest BCUT2D eigenvalue weighted by Crippen LogP contribution is 2.30. The van der Waals surface area contributed by atoms with E-state index in [-0.39, 0.29) is 5.82 Å². The summed E-state index contributed by atoms with van der Waals surface area (Å²) in [5.41, 5.74) is 7.74. The van der Waals surface area contributed by atoms with Gasteiger partial charge in [-0.15, -0.1) is 0 Å². The third-order valence-electron chi connectivity index (χ3n) is 5.71. The van der Waals surface area contributed by atoms with Crippen LogP contribution < -0.4 is 5.49 Å². The van der Waals surface area contributed by atoms with Crippen LogP contribution in [0.1, 0.15) is 30.8 Å². The molecule has 1 aliphatic heterocycles. The molecule has 3 heterocycles. The summed E-state index contributed by atoms with van der Waals surface area (Å²) in [6.07, 6.45) is 1.83. The molecule has 0 radical (unpaired) electrons. The fourth-order valence-corrected chi connectivity index (χ4v) is 4.09. The van der Waals surface area contributed by atoms with Crippen LogP contribution in [0.25, 0.3) is 22.5 Å². The van der Waals surface area contributed by atoms with Crippen molar-refractivity contribution in [1.29, 1.82) is 0 Å². The lowest BCUT2D eigenvalue weighted by Gasteiger charge is -2.11. The van der Waals surface area contributed by atoms with E-state index in [1.54, 1.807) is 12.1 Å². The minimum absolute atomic E-state index is 0.252. The molecule has 0 bridgehead atoms. The van der Waals surface area contributed by atoms with E-state index in [9.17, 15) is 4.39 Å². The number of nitrogens with one attached hydrogen (secondary N) is 1. The predicted octanol–water partition coefficient (Wildman–Crippen LogP) is 5.51. The van der Waals surface area contributed by atoms with Gasteiger partial charge in [-0.1, -0.05) is 35.9 Å². The number of halogens is 2. The van der Waals surface area contributed by atoms with Crippen molar-refractivity contribution in [2.45, 2.75) is 27.3 Å². The normalized spacial score (nSPS) is 12.9. The number of fused-ring (bicyclic) bond motifs is 3. The highest BCUT2D eigenvalue weighted by atomic mass is 35.5. The molecular formula is C24H21ClFN5. The third-order valence-corrected chi connectivity index (χ3v) is 5.96. The van der Waals surface area contributed by atoms with Crippen molar-refractivity contribution in [3.05, 3.63) is 93.7 Å². The van der Waals surface area contributed by atoms with Gasteiger partial charge in [-0.25, -0.2) is 14.4 Å². The molecule has 156 valence electrons. The first kappa shape index (κ1) is 19.6. The van der Waals surface area contributed by atoms with Crippen LogP contribution in [0.3, 0.4) is 0 Å².